The maximum atomic E-state index is 12.1. The van der Waals surface area contributed by atoms with Crippen molar-refractivity contribution in [1.82, 2.24) is 5.32 Å². The molecule has 0 radical (unpaired) electrons. The fourth-order valence-electron chi connectivity index (χ4n) is 3.07. The Morgan fingerprint density at radius 3 is 2.47 bits per heavy atom. The molecular weight excluding hydrogens is 246 g/mol. The van der Waals surface area contributed by atoms with Gasteiger partial charge in [-0.15, -0.1) is 0 Å². The molecule has 0 aromatic carbocycles. The van der Waals surface area contributed by atoms with E-state index in [1.807, 2.05) is 0 Å². The molecule has 19 heavy (non-hydrogen) atoms. The molecule has 1 saturated heterocycles. The summed E-state index contributed by atoms with van der Waals surface area (Å²) in [5.74, 6) is -0.574. The highest BCUT2D eigenvalue weighted by Crippen LogP contribution is 2.34. The van der Waals surface area contributed by atoms with Crippen molar-refractivity contribution in [2.75, 3.05) is 6.61 Å². The van der Waals surface area contributed by atoms with Gasteiger partial charge in [0.2, 0.25) is 5.91 Å². The number of carboxylic acid groups (broad SMARTS) is 1. The first-order chi connectivity index (χ1) is 9.07. The SMILES string of the molecule is CCC1CCC(NC(=O)C2CCCO2)(C(=O)O)CC1. The smallest absolute Gasteiger partial charge is 0.329 e. The molecule has 5 heteroatoms. The lowest BCUT2D eigenvalue weighted by atomic mass is 9.75. The Hall–Kier alpha value is -1.10. The van der Waals surface area contributed by atoms with Crippen LogP contribution < -0.4 is 5.32 Å². The van der Waals surface area contributed by atoms with E-state index in [0.29, 0.717) is 31.8 Å². The Morgan fingerprint density at radius 2 is 2.00 bits per heavy atom. The van der Waals surface area contributed by atoms with Gasteiger partial charge >= 0.3 is 5.97 Å². The molecule has 0 bridgehead atoms. The highest BCUT2D eigenvalue weighted by atomic mass is 16.5. The van der Waals surface area contributed by atoms with Crippen LogP contribution in [0.2, 0.25) is 0 Å². The summed E-state index contributed by atoms with van der Waals surface area (Å²) >= 11 is 0. The fourth-order valence-corrected chi connectivity index (χ4v) is 3.07. The zero-order chi connectivity index (χ0) is 13.9. The highest BCUT2D eigenvalue weighted by Gasteiger charge is 2.44. The summed E-state index contributed by atoms with van der Waals surface area (Å²) in [5.41, 5.74) is -1.07. The zero-order valence-electron chi connectivity index (χ0n) is 11.5. The fraction of sp³-hybridized carbons (Fsp3) is 0.857. The number of amides is 1. The van der Waals surface area contributed by atoms with Crippen LogP contribution in [-0.4, -0.2) is 35.2 Å². The summed E-state index contributed by atoms with van der Waals surface area (Å²) in [7, 11) is 0. The van der Waals surface area contributed by atoms with Gasteiger partial charge in [0.1, 0.15) is 11.6 Å². The molecule has 1 aliphatic heterocycles. The van der Waals surface area contributed by atoms with Crippen LogP contribution in [0.4, 0.5) is 0 Å². The molecule has 108 valence electrons. The number of hydrogen-bond acceptors (Lipinski definition) is 3. The van der Waals surface area contributed by atoms with Gasteiger partial charge in [0, 0.05) is 6.61 Å². The molecule has 1 heterocycles. The number of carboxylic acids is 1. The Bertz CT molecular complexity index is 341. The van der Waals surface area contributed by atoms with Crippen LogP contribution in [0.1, 0.15) is 51.9 Å². The van der Waals surface area contributed by atoms with E-state index in [1.165, 1.54) is 0 Å². The standard InChI is InChI=1S/C14H23NO4/c1-2-10-5-7-14(8-6-10,13(17)18)15-12(16)11-4-3-9-19-11/h10-11H,2-9H2,1H3,(H,15,16)(H,17,18). The Kier molecular flexibility index (Phi) is 4.45. The van der Waals surface area contributed by atoms with Crippen molar-refractivity contribution >= 4 is 11.9 Å². The van der Waals surface area contributed by atoms with Gasteiger partial charge in [0.15, 0.2) is 0 Å². The first-order valence-corrected chi connectivity index (χ1v) is 7.24. The van der Waals surface area contributed by atoms with Gasteiger partial charge in [-0.05, 0) is 44.4 Å². The maximum Gasteiger partial charge on any atom is 0.329 e. The number of carbonyl (C=O) groups excluding carboxylic acids is 1. The number of carbonyl (C=O) groups is 2. The summed E-state index contributed by atoms with van der Waals surface area (Å²) in [5, 5.41) is 12.2. The van der Waals surface area contributed by atoms with Crippen LogP contribution in [-0.2, 0) is 14.3 Å². The first-order valence-electron chi connectivity index (χ1n) is 7.24. The molecule has 1 saturated carbocycles. The molecule has 2 fully saturated rings. The summed E-state index contributed by atoms with van der Waals surface area (Å²) < 4.78 is 5.32. The summed E-state index contributed by atoms with van der Waals surface area (Å²) in [4.78, 5) is 23.6. The lowest BCUT2D eigenvalue weighted by Crippen LogP contribution is -2.58. The van der Waals surface area contributed by atoms with E-state index in [9.17, 15) is 14.7 Å². The monoisotopic (exact) mass is 269 g/mol. The molecule has 0 spiro atoms. The van der Waals surface area contributed by atoms with Crippen molar-refractivity contribution in [1.29, 1.82) is 0 Å². The number of rotatable bonds is 4. The molecule has 1 unspecified atom stereocenters. The van der Waals surface area contributed by atoms with E-state index >= 15 is 0 Å². The van der Waals surface area contributed by atoms with E-state index in [-0.39, 0.29) is 5.91 Å². The van der Waals surface area contributed by atoms with Gasteiger partial charge in [-0.3, -0.25) is 4.79 Å². The molecule has 1 aliphatic carbocycles. The van der Waals surface area contributed by atoms with Crippen LogP contribution in [0.15, 0.2) is 0 Å². The molecule has 0 aromatic heterocycles. The van der Waals surface area contributed by atoms with Crippen LogP contribution in [0.3, 0.4) is 0 Å². The lowest BCUT2D eigenvalue weighted by molar-refractivity contribution is -0.151. The average Bonchev–Trinajstić information content (AvgIpc) is 2.93. The molecular formula is C14H23NO4. The van der Waals surface area contributed by atoms with Crippen molar-refractivity contribution in [3.05, 3.63) is 0 Å². The minimum atomic E-state index is -1.07. The molecule has 1 atom stereocenters. The third kappa shape index (κ3) is 3.08. The summed E-state index contributed by atoms with van der Waals surface area (Å²) in [6.45, 7) is 2.72. The van der Waals surface area contributed by atoms with E-state index in [1.54, 1.807) is 0 Å². The molecule has 2 rings (SSSR count). The van der Waals surface area contributed by atoms with E-state index < -0.39 is 17.6 Å². The largest absolute Gasteiger partial charge is 0.480 e. The number of nitrogens with one attached hydrogen (secondary N) is 1. The molecule has 0 aromatic rings. The van der Waals surface area contributed by atoms with Gasteiger partial charge in [0.25, 0.3) is 0 Å². The molecule has 1 amide bonds. The van der Waals surface area contributed by atoms with Gasteiger partial charge < -0.3 is 15.2 Å². The van der Waals surface area contributed by atoms with Crippen molar-refractivity contribution in [3.8, 4) is 0 Å². The Balaban J connectivity index is 2.00. The second-order valence-electron chi connectivity index (χ2n) is 5.73. The van der Waals surface area contributed by atoms with E-state index in [0.717, 1.165) is 25.7 Å². The van der Waals surface area contributed by atoms with Crippen molar-refractivity contribution in [3.63, 3.8) is 0 Å². The van der Waals surface area contributed by atoms with Gasteiger partial charge in [-0.25, -0.2) is 4.79 Å². The summed E-state index contributed by atoms with van der Waals surface area (Å²) in [6, 6.07) is 0. The normalized spacial score (nSPS) is 35.0. The highest BCUT2D eigenvalue weighted by molar-refractivity contribution is 5.89. The van der Waals surface area contributed by atoms with Gasteiger partial charge in [-0.2, -0.15) is 0 Å². The quantitative estimate of drug-likeness (QED) is 0.814. The third-order valence-electron chi connectivity index (χ3n) is 4.53. The van der Waals surface area contributed by atoms with E-state index in [4.69, 9.17) is 4.74 Å². The maximum absolute atomic E-state index is 12.1. The Morgan fingerprint density at radius 1 is 1.32 bits per heavy atom. The number of hydrogen-bond donors (Lipinski definition) is 2. The minimum absolute atomic E-state index is 0.255. The van der Waals surface area contributed by atoms with Gasteiger partial charge in [0.05, 0.1) is 0 Å². The average molecular weight is 269 g/mol. The zero-order valence-corrected chi connectivity index (χ0v) is 11.5. The Labute approximate surface area is 113 Å². The van der Waals surface area contributed by atoms with Gasteiger partial charge in [-0.1, -0.05) is 13.3 Å². The predicted octanol–water partition coefficient (Wildman–Crippen LogP) is 1.71. The van der Waals surface area contributed by atoms with Crippen molar-refractivity contribution in [2.45, 2.75) is 63.5 Å². The molecule has 2 N–H and O–H groups in total. The van der Waals surface area contributed by atoms with Crippen molar-refractivity contribution < 1.29 is 19.4 Å². The summed E-state index contributed by atoms with van der Waals surface area (Å²) in [6.07, 6.45) is 4.98. The van der Waals surface area contributed by atoms with Crippen LogP contribution in [0.5, 0.6) is 0 Å². The van der Waals surface area contributed by atoms with Crippen LogP contribution in [0.25, 0.3) is 0 Å². The van der Waals surface area contributed by atoms with E-state index in [2.05, 4.69) is 12.2 Å². The molecule has 5 nitrogen and oxygen atoms in total. The predicted molar refractivity (Wildman–Crippen MR) is 69.7 cm³/mol. The lowest BCUT2D eigenvalue weighted by Gasteiger charge is -2.37. The van der Waals surface area contributed by atoms with Crippen LogP contribution >= 0.6 is 0 Å². The van der Waals surface area contributed by atoms with Crippen molar-refractivity contribution in [2.24, 2.45) is 5.92 Å². The molecule has 2 aliphatic rings. The minimum Gasteiger partial charge on any atom is -0.480 e. The second-order valence-corrected chi connectivity index (χ2v) is 5.73. The third-order valence-corrected chi connectivity index (χ3v) is 4.53. The van der Waals surface area contributed by atoms with Crippen LogP contribution in [0, 0.1) is 5.92 Å². The first kappa shape index (κ1) is 14.3. The second kappa shape index (κ2) is 5.90. The number of aliphatic carboxylic acids is 1. The number of ether oxygens (including phenoxy) is 1. The topological polar surface area (TPSA) is 75.6 Å².